The smallest absolute Gasteiger partial charge is 0.311 e. The maximum absolute atomic E-state index is 10.7. The molecule has 1 rings (SSSR count). The Hall–Kier alpha value is -1.91. The summed E-state index contributed by atoms with van der Waals surface area (Å²) in [5.41, 5.74) is 0.731. The molecule has 0 bridgehead atoms. The number of ether oxygens (including phenoxy) is 1. The van der Waals surface area contributed by atoms with E-state index in [1.807, 2.05) is 0 Å². The molecule has 0 heterocycles. The summed E-state index contributed by atoms with van der Waals surface area (Å²) in [6.45, 7) is 3.39. The Balaban J connectivity index is 2.78. The van der Waals surface area contributed by atoms with Crippen LogP contribution in [0.25, 0.3) is 0 Å². The molecule has 0 spiro atoms. The second-order valence-corrected chi connectivity index (χ2v) is 3.53. The van der Waals surface area contributed by atoms with Crippen molar-refractivity contribution in [1.82, 2.24) is 0 Å². The molecule has 0 amide bonds. The highest BCUT2D eigenvalue weighted by Crippen LogP contribution is 2.27. The SMILES string of the molecule is CC(=O)CCOc1ccc(C)cc1[N+](=O)[O-]. The van der Waals surface area contributed by atoms with Crippen LogP contribution in [-0.4, -0.2) is 17.3 Å². The number of rotatable bonds is 5. The van der Waals surface area contributed by atoms with Crippen LogP contribution in [0.15, 0.2) is 18.2 Å². The lowest BCUT2D eigenvalue weighted by atomic mass is 10.2. The zero-order chi connectivity index (χ0) is 12.1. The van der Waals surface area contributed by atoms with Gasteiger partial charge in [0.15, 0.2) is 5.75 Å². The van der Waals surface area contributed by atoms with Gasteiger partial charge in [-0.3, -0.25) is 14.9 Å². The minimum atomic E-state index is -0.490. The summed E-state index contributed by atoms with van der Waals surface area (Å²) in [6, 6.07) is 4.73. The summed E-state index contributed by atoms with van der Waals surface area (Å²) in [5, 5.41) is 10.7. The van der Waals surface area contributed by atoms with E-state index < -0.39 is 4.92 Å². The van der Waals surface area contributed by atoms with Gasteiger partial charge in [-0.25, -0.2) is 0 Å². The number of carbonyl (C=O) groups excluding carboxylic acids is 1. The predicted octanol–water partition coefficient (Wildman–Crippen LogP) is 2.26. The first-order valence-corrected chi connectivity index (χ1v) is 4.88. The molecular weight excluding hydrogens is 210 g/mol. The van der Waals surface area contributed by atoms with Crippen molar-refractivity contribution in [2.45, 2.75) is 20.3 Å². The van der Waals surface area contributed by atoms with Gasteiger partial charge < -0.3 is 4.74 Å². The van der Waals surface area contributed by atoms with E-state index in [1.54, 1.807) is 19.1 Å². The van der Waals surface area contributed by atoms with Crippen molar-refractivity contribution in [2.75, 3.05) is 6.61 Å². The summed E-state index contributed by atoms with van der Waals surface area (Å²) in [4.78, 5) is 20.9. The molecule has 0 saturated carbocycles. The Morgan fingerprint density at radius 1 is 1.50 bits per heavy atom. The summed E-state index contributed by atoms with van der Waals surface area (Å²) in [5.74, 6) is 0.201. The van der Waals surface area contributed by atoms with Crippen LogP contribution < -0.4 is 4.74 Å². The first-order valence-electron chi connectivity index (χ1n) is 4.88. The third kappa shape index (κ3) is 3.34. The molecule has 0 aromatic heterocycles. The van der Waals surface area contributed by atoms with Crippen molar-refractivity contribution in [2.24, 2.45) is 0 Å². The summed E-state index contributed by atoms with van der Waals surface area (Å²) >= 11 is 0. The lowest BCUT2D eigenvalue weighted by Gasteiger charge is -2.05. The Morgan fingerprint density at radius 2 is 2.19 bits per heavy atom. The standard InChI is InChI=1S/C11H13NO4/c1-8-3-4-11(10(7-8)12(14)15)16-6-5-9(2)13/h3-4,7H,5-6H2,1-2H3. The van der Waals surface area contributed by atoms with Crippen LogP contribution in [0, 0.1) is 17.0 Å². The maximum Gasteiger partial charge on any atom is 0.311 e. The molecule has 0 fully saturated rings. The van der Waals surface area contributed by atoms with Gasteiger partial charge in [-0.2, -0.15) is 0 Å². The molecule has 0 aliphatic rings. The highest BCUT2D eigenvalue weighted by Gasteiger charge is 2.14. The molecular formula is C11H13NO4. The second-order valence-electron chi connectivity index (χ2n) is 3.53. The van der Waals surface area contributed by atoms with Crippen LogP contribution in [-0.2, 0) is 4.79 Å². The highest BCUT2D eigenvalue weighted by molar-refractivity contribution is 5.75. The Labute approximate surface area is 93.2 Å². The monoisotopic (exact) mass is 223 g/mol. The number of carbonyl (C=O) groups is 1. The third-order valence-corrected chi connectivity index (χ3v) is 2.02. The molecule has 5 nitrogen and oxygen atoms in total. The summed E-state index contributed by atoms with van der Waals surface area (Å²) in [7, 11) is 0. The number of hydrogen-bond donors (Lipinski definition) is 0. The average Bonchev–Trinajstić information content (AvgIpc) is 2.19. The minimum Gasteiger partial charge on any atom is -0.486 e. The third-order valence-electron chi connectivity index (χ3n) is 2.02. The molecule has 0 aliphatic carbocycles. The second kappa shape index (κ2) is 5.25. The van der Waals surface area contributed by atoms with Gasteiger partial charge >= 0.3 is 5.69 Å². The molecule has 5 heteroatoms. The molecule has 0 saturated heterocycles. The Bertz CT molecular complexity index is 414. The summed E-state index contributed by atoms with van der Waals surface area (Å²) in [6.07, 6.45) is 0.255. The van der Waals surface area contributed by atoms with Crippen LogP contribution in [0.4, 0.5) is 5.69 Å². The number of aryl methyl sites for hydroxylation is 1. The van der Waals surface area contributed by atoms with Gasteiger partial charge in [0, 0.05) is 12.5 Å². The van der Waals surface area contributed by atoms with E-state index in [-0.39, 0.29) is 30.2 Å². The van der Waals surface area contributed by atoms with Gasteiger partial charge in [-0.05, 0) is 25.5 Å². The first-order chi connectivity index (χ1) is 7.50. The lowest BCUT2D eigenvalue weighted by Crippen LogP contribution is -2.04. The number of benzene rings is 1. The van der Waals surface area contributed by atoms with Crippen LogP contribution in [0.1, 0.15) is 18.9 Å². The van der Waals surface area contributed by atoms with Gasteiger partial charge in [0.25, 0.3) is 0 Å². The van der Waals surface area contributed by atoms with Crippen LogP contribution in [0.5, 0.6) is 5.75 Å². The number of Topliss-reactive ketones (excluding diaryl/α,β-unsaturated/α-hetero) is 1. The fourth-order valence-electron chi connectivity index (χ4n) is 1.20. The Kier molecular flexibility index (Phi) is 3.99. The van der Waals surface area contributed by atoms with Crippen molar-refractivity contribution in [3.63, 3.8) is 0 Å². The van der Waals surface area contributed by atoms with Gasteiger partial charge in [0.1, 0.15) is 5.78 Å². The number of nitro groups is 1. The summed E-state index contributed by atoms with van der Waals surface area (Å²) < 4.78 is 5.20. The number of ketones is 1. The molecule has 1 aromatic rings. The first kappa shape index (κ1) is 12.2. The topological polar surface area (TPSA) is 69.4 Å². The molecule has 0 N–H and O–H groups in total. The molecule has 86 valence electrons. The molecule has 16 heavy (non-hydrogen) atoms. The van der Waals surface area contributed by atoms with Crippen molar-refractivity contribution in [3.8, 4) is 5.75 Å². The average molecular weight is 223 g/mol. The quantitative estimate of drug-likeness (QED) is 0.567. The molecule has 0 unspecified atom stereocenters. The van der Waals surface area contributed by atoms with Crippen molar-refractivity contribution in [1.29, 1.82) is 0 Å². The predicted molar refractivity (Wildman–Crippen MR) is 58.6 cm³/mol. The fourth-order valence-corrected chi connectivity index (χ4v) is 1.20. The molecule has 1 aromatic carbocycles. The fraction of sp³-hybridized carbons (Fsp3) is 0.364. The molecule has 0 aliphatic heterocycles. The van der Waals surface area contributed by atoms with Crippen LogP contribution in [0.3, 0.4) is 0 Å². The van der Waals surface area contributed by atoms with Crippen molar-refractivity contribution in [3.05, 3.63) is 33.9 Å². The largest absolute Gasteiger partial charge is 0.486 e. The van der Waals surface area contributed by atoms with E-state index in [9.17, 15) is 14.9 Å². The van der Waals surface area contributed by atoms with Crippen molar-refractivity contribution < 1.29 is 14.5 Å². The van der Waals surface area contributed by atoms with Gasteiger partial charge in [0.2, 0.25) is 0 Å². The minimum absolute atomic E-state index is 0.00485. The zero-order valence-corrected chi connectivity index (χ0v) is 9.23. The zero-order valence-electron chi connectivity index (χ0n) is 9.23. The van der Waals surface area contributed by atoms with Gasteiger partial charge in [-0.15, -0.1) is 0 Å². The normalized spacial score (nSPS) is 9.88. The molecule has 0 atom stereocenters. The Morgan fingerprint density at radius 3 is 2.75 bits per heavy atom. The highest BCUT2D eigenvalue weighted by atomic mass is 16.6. The van der Waals surface area contributed by atoms with E-state index >= 15 is 0 Å². The van der Waals surface area contributed by atoms with Crippen LogP contribution >= 0.6 is 0 Å². The van der Waals surface area contributed by atoms with E-state index in [4.69, 9.17) is 4.74 Å². The van der Waals surface area contributed by atoms with E-state index in [0.717, 1.165) is 5.56 Å². The van der Waals surface area contributed by atoms with E-state index in [0.29, 0.717) is 0 Å². The number of nitrogens with zero attached hydrogens (tertiary/aromatic N) is 1. The van der Waals surface area contributed by atoms with E-state index in [2.05, 4.69) is 0 Å². The van der Waals surface area contributed by atoms with Gasteiger partial charge in [-0.1, -0.05) is 6.07 Å². The van der Waals surface area contributed by atoms with Crippen molar-refractivity contribution >= 4 is 11.5 Å². The van der Waals surface area contributed by atoms with Crippen LogP contribution in [0.2, 0.25) is 0 Å². The number of hydrogen-bond acceptors (Lipinski definition) is 4. The van der Waals surface area contributed by atoms with E-state index in [1.165, 1.54) is 13.0 Å². The number of nitro benzene ring substituents is 1. The molecule has 0 radical (unpaired) electrons. The maximum atomic E-state index is 10.7. The van der Waals surface area contributed by atoms with Gasteiger partial charge in [0.05, 0.1) is 11.5 Å². The lowest BCUT2D eigenvalue weighted by molar-refractivity contribution is -0.385.